The lowest BCUT2D eigenvalue weighted by Crippen LogP contribution is -2.29. The van der Waals surface area contributed by atoms with E-state index in [9.17, 15) is 17.6 Å². The van der Waals surface area contributed by atoms with Gasteiger partial charge in [0, 0.05) is 17.3 Å². The molecular weight excluding hydrogens is 429 g/mol. The molecule has 1 aliphatic carbocycles. The molecular formula is C17H19ClFN3O4S2. The molecule has 3 rings (SSSR count). The highest BCUT2D eigenvalue weighted by Crippen LogP contribution is 2.42. The van der Waals surface area contributed by atoms with Crippen molar-refractivity contribution in [2.24, 2.45) is 0 Å². The SMILES string of the molecule is CCNS(=O)(=O)OCC(=O)Nc1nc2c(s1)C(c1ccc(F)c(Cl)c1)CCC2. The van der Waals surface area contributed by atoms with Crippen LogP contribution in [0.25, 0.3) is 0 Å². The molecule has 1 aromatic heterocycles. The average Bonchev–Trinajstić information content (AvgIpc) is 3.04. The number of nitrogens with zero attached hydrogens (tertiary/aromatic N) is 1. The van der Waals surface area contributed by atoms with Crippen LogP contribution in [0.4, 0.5) is 9.52 Å². The van der Waals surface area contributed by atoms with E-state index < -0.39 is 28.6 Å². The molecule has 1 unspecified atom stereocenters. The van der Waals surface area contributed by atoms with Crippen molar-refractivity contribution in [1.82, 2.24) is 9.71 Å². The zero-order valence-electron chi connectivity index (χ0n) is 15.0. The second-order valence-corrected chi connectivity index (χ2v) is 9.08. The Bertz CT molecular complexity index is 981. The van der Waals surface area contributed by atoms with Crippen molar-refractivity contribution < 1.29 is 21.8 Å². The minimum atomic E-state index is -3.94. The van der Waals surface area contributed by atoms with Crippen molar-refractivity contribution in [3.8, 4) is 0 Å². The van der Waals surface area contributed by atoms with Crippen LogP contribution in [0.5, 0.6) is 0 Å². The van der Waals surface area contributed by atoms with E-state index >= 15 is 0 Å². The molecule has 1 amide bonds. The second kappa shape index (κ2) is 8.83. The number of benzene rings is 1. The number of amides is 1. The fourth-order valence-electron chi connectivity index (χ4n) is 3.03. The number of aryl methyl sites for hydroxylation is 1. The van der Waals surface area contributed by atoms with Gasteiger partial charge in [-0.3, -0.25) is 10.1 Å². The van der Waals surface area contributed by atoms with Crippen LogP contribution in [-0.4, -0.2) is 32.5 Å². The molecule has 0 fully saturated rings. The Kier molecular flexibility index (Phi) is 6.66. The summed E-state index contributed by atoms with van der Waals surface area (Å²) < 4.78 is 43.1. The fourth-order valence-corrected chi connectivity index (χ4v) is 5.10. The van der Waals surface area contributed by atoms with Crippen LogP contribution in [-0.2, 0) is 25.7 Å². The minimum Gasteiger partial charge on any atom is -0.300 e. The largest absolute Gasteiger partial charge is 0.336 e. The van der Waals surface area contributed by atoms with E-state index in [1.165, 1.54) is 17.4 Å². The van der Waals surface area contributed by atoms with E-state index in [4.69, 9.17) is 11.6 Å². The van der Waals surface area contributed by atoms with Gasteiger partial charge in [0.1, 0.15) is 12.4 Å². The maximum atomic E-state index is 13.5. The number of carbonyl (C=O) groups excluding carboxylic acids is 1. The van der Waals surface area contributed by atoms with E-state index in [2.05, 4.69) is 19.2 Å². The maximum Gasteiger partial charge on any atom is 0.336 e. The van der Waals surface area contributed by atoms with Crippen molar-refractivity contribution in [2.45, 2.75) is 32.1 Å². The van der Waals surface area contributed by atoms with E-state index in [0.29, 0.717) is 5.13 Å². The van der Waals surface area contributed by atoms with Gasteiger partial charge in [0.05, 0.1) is 10.7 Å². The lowest BCUT2D eigenvalue weighted by atomic mass is 9.86. The first kappa shape index (κ1) is 21.1. The summed E-state index contributed by atoms with van der Waals surface area (Å²) >= 11 is 7.24. The number of nitrogens with one attached hydrogen (secondary N) is 2. The van der Waals surface area contributed by atoms with Crippen LogP contribution in [0.15, 0.2) is 18.2 Å². The van der Waals surface area contributed by atoms with Crippen LogP contribution in [0.2, 0.25) is 5.02 Å². The van der Waals surface area contributed by atoms with Gasteiger partial charge in [-0.05, 0) is 37.0 Å². The highest BCUT2D eigenvalue weighted by atomic mass is 35.5. The summed E-state index contributed by atoms with van der Waals surface area (Å²) in [5.74, 6) is -1.06. The summed E-state index contributed by atoms with van der Waals surface area (Å²) in [6, 6.07) is 4.67. The van der Waals surface area contributed by atoms with Crippen molar-refractivity contribution in [1.29, 1.82) is 0 Å². The highest BCUT2D eigenvalue weighted by Gasteiger charge is 2.27. The number of fused-ring (bicyclic) bond motifs is 1. The normalized spacial score (nSPS) is 16.6. The Balaban J connectivity index is 1.72. The van der Waals surface area contributed by atoms with Gasteiger partial charge in [-0.1, -0.05) is 24.6 Å². The van der Waals surface area contributed by atoms with Gasteiger partial charge in [-0.15, -0.1) is 11.3 Å². The molecule has 28 heavy (non-hydrogen) atoms. The lowest BCUT2D eigenvalue weighted by Gasteiger charge is -2.21. The van der Waals surface area contributed by atoms with Crippen LogP contribution in [0, 0.1) is 5.82 Å². The van der Waals surface area contributed by atoms with Gasteiger partial charge >= 0.3 is 10.3 Å². The zero-order chi connectivity index (χ0) is 20.3. The summed E-state index contributed by atoms with van der Waals surface area (Å²) in [5.41, 5.74) is 1.77. The number of halogens is 2. The van der Waals surface area contributed by atoms with Gasteiger partial charge < -0.3 is 0 Å². The Morgan fingerprint density at radius 2 is 2.25 bits per heavy atom. The summed E-state index contributed by atoms with van der Waals surface area (Å²) in [5, 5.41) is 3.02. The summed E-state index contributed by atoms with van der Waals surface area (Å²) in [6.45, 7) is 1.13. The summed E-state index contributed by atoms with van der Waals surface area (Å²) in [4.78, 5) is 17.4. The predicted molar refractivity (Wildman–Crippen MR) is 105 cm³/mol. The Morgan fingerprint density at radius 1 is 1.46 bits per heavy atom. The lowest BCUT2D eigenvalue weighted by molar-refractivity contribution is -0.118. The molecule has 2 aromatic rings. The molecule has 0 spiro atoms. The Hall–Kier alpha value is -1.59. The molecule has 0 saturated carbocycles. The van der Waals surface area contributed by atoms with Gasteiger partial charge in [0.25, 0.3) is 5.91 Å². The Morgan fingerprint density at radius 3 is 2.96 bits per heavy atom. The van der Waals surface area contributed by atoms with E-state index in [1.54, 1.807) is 19.1 Å². The van der Waals surface area contributed by atoms with Crippen molar-refractivity contribution in [3.05, 3.63) is 45.2 Å². The van der Waals surface area contributed by atoms with Crippen molar-refractivity contribution >= 4 is 44.3 Å². The first-order valence-electron chi connectivity index (χ1n) is 8.67. The third-order valence-electron chi connectivity index (χ3n) is 4.21. The summed E-state index contributed by atoms with van der Waals surface area (Å²) in [7, 11) is -3.94. The predicted octanol–water partition coefficient (Wildman–Crippen LogP) is 3.21. The molecule has 0 radical (unpaired) electrons. The van der Waals surface area contributed by atoms with Gasteiger partial charge in [0.15, 0.2) is 5.13 Å². The zero-order valence-corrected chi connectivity index (χ0v) is 17.4. The molecule has 7 nitrogen and oxygen atoms in total. The number of anilines is 1. The topological polar surface area (TPSA) is 97.4 Å². The first-order chi connectivity index (χ1) is 13.3. The third kappa shape index (κ3) is 5.06. The minimum absolute atomic E-state index is 0.0235. The first-order valence-corrected chi connectivity index (χ1v) is 11.3. The molecule has 2 N–H and O–H groups in total. The molecule has 11 heteroatoms. The molecule has 0 saturated heterocycles. The van der Waals surface area contributed by atoms with Gasteiger partial charge in [0.2, 0.25) is 0 Å². The standard InChI is InChI=1S/C17H19ClFN3O4S2/c1-2-20-28(24,25)26-9-15(23)22-17-21-14-5-3-4-11(16(14)27-17)10-6-7-13(19)12(18)8-10/h6-8,11,20H,2-5,9H2,1H3,(H,21,22,23). The van der Waals surface area contributed by atoms with E-state index in [-0.39, 0.29) is 17.5 Å². The van der Waals surface area contributed by atoms with Crippen LogP contribution >= 0.6 is 22.9 Å². The number of rotatable bonds is 7. The van der Waals surface area contributed by atoms with Crippen LogP contribution in [0.3, 0.4) is 0 Å². The molecule has 1 aliphatic rings. The van der Waals surface area contributed by atoms with Crippen LogP contribution < -0.4 is 10.0 Å². The Labute approximate surface area is 171 Å². The van der Waals surface area contributed by atoms with Gasteiger partial charge in [-0.2, -0.15) is 13.1 Å². The molecule has 1 aromatic carbocycles. The molecule has 1 atom stereocenters. The summed E-state index contributed by atoms with van der Waals surface area (Å²) in [6.07, 6.45) is 2.56. The monoisotopic (exact) mass is 447 g/mol. The van der Waals surface area contributed by atoms with Crippen LogP contribution in [0.1, 0.15) is 41.8 Å². The third-order valence-corrected chi connectivity index (χ3v) is 6.70. The quantitative estimate of drug-likeness (QED) is 0.679. The fraction of sp³-hybridized carbons (Fsp3) is 0.412. The molecule has 152 valence electrons. The van der Waals surface area contributed by atoms with E-state index in [0.717, 1.165) is 35.4 Å². The maximum absolute atomic E-state index is 13.5. The van der Waals surface area contributed by atoms with Crippen molar-refractivity contribution in [3.63, 3.8) is 0 Å². The smallest absolute Gasteiger partial charge is 0.300 e. The molecule has 0 aliphatic heterocycles. The number of hydrogen-bond donors (Lipinski definition) is 2. The van der Waals surface area contributed by atoms with Gasteiger partial charge in [-0.25, -0.2) is 13.6 Å². The van der Waals surface area contributed by atoms with Crippen molar-refractivity contribution in [2.75, 3.05) is 18.5 Å². The number of hydrogen-bond acceptors (Lipinski definition) is 6. The molecule has 1 heterocycles. The number of thiazole rings is 1. The highest BCUT2D eigenvalue weighted by molar-refractivity contribution is 7.84. The number of aromatic nitrogens is 1. The van der Waals surface area contributed by atoms with E-state index in [1.807, 2.05) is 0 Å². The number of carbonyl (C=O) groups is 1. The molecule has 0 bridgehead atoms. The average molecular weight is 448 g/mol. The second-order valence-electron chi connectivity index (χ2n) is 6.21.